The summed E-state index contributed by atoms with van der Waals surface area (Å²) in [5.41, 5.74) is 1.25. The predicted molar refractivity (Wildman–Crippen MR) is 71.5 cm³/mol. The van der Waals surface area contributed by atoms with Gasteiger partial charge in [0.25, 0.3) is 0 Å². The van der Waals surface area contributed by atoms with Gasteiger partial charge in [0.1, 0.15) is 5.82 Å². The Bertz CT molecular complexity index is 475. The van der Waals surface area contributed by atoms with Gasteiger partial charge in [-0.25, -0.2) is 9.18 Å². The first-order chi connectivity index (χ1) is 8.97. The number of aliphatic hydroxyl groups excluding tert-OH is 1. The van der Waals surface area contributed by atoms with E-state index in [-0.39, 0.29) is 11.8 Å². The third-order valence-corrected chi connectivity index (χ3v) is 3.41. The van der Waals surface area contributed by atoms with Crippen LogP contribution in [0.3, 0.4) is 0 Å². The molecule has 0 aliphatic heterocycles. The molecule has 2 amide bonds. The minimum atomic E-state index is -0.468. The molecule has 0 bridgehead atoms. The van der Waals surface area contributed by atoms with Gasteiger partial charge in [-0.2, -0.15) is 0 Å². The number of rotatable bonds is 4. The van der Waals surface area contributed by atoms with Crippen LogP contribution in [0.25, 0.3) is 0 Å². The summed E-state index contributed by atoms with van der Waals surface area (Å²) >= 11 is 0. The molecule has 1 aromatic carbocycles. The number of hydrogen-bond acceptors (Lipinski definition) is 2. The maximum atomic E-state index is 13.1. The first kappa shape index (κ1) is 13.8. The van der Waals surface area contributed by atoms with Crippen molar-refractivity contribution in [1.82, 2.24) is 4.90 Å². The number of nitrogens with zero attached hydrogens (tertiary/aromatic N) is 1. The van der Waals surface area contributed by atoms with Crippen LogP contribution < -0.4 is 5.32 Å². The maximum Gasteiger partial charge on any atom is 0.321 e. The molecule has 0 saturated heterocycles. The Morgan fingerprint density at radius 2 is 2.26 bits per heavy atom. The van der Waals surface area contributed by atoms with Gasteiger partial charge in [0.15, 0.2) is 0 Å². The van der Waals surface area contributed by atoms with Gasteiger partial charge in [0.05, 0.1) is 6.10 Å². The van der Waals surface area contributed by atoms with E-state index in [1.807, 2.05) is 0 Å². The third-order valence-electron chi connectivity index (χ3n) is 3.41. The molecule has 19 heavy (non-hydrogen) atoms. The van der Waals surface area contributed by atoms with Crippen molar-refractivity contribution in [2.24, 2.45) is 5.92 Å². The van der Waals surface area contributed by atoms with Crippen LogP contribution in [0.5, 0.6) is 0 Å². The van der Waals surface area contributed by atoms with Crippen molar-refractivity contribution in [1.29, 1.82) is 0 Å². The van der Waals surface area contributed by atoms with Crippen LogP contribution in [-0.4, -0.2) is 35.7 Å². The highest BCUT2D eigenvalue weighted by atomic mass is 19.1. The molecule has 1 fully saturated rings. The molecule has 1 atom stereocenters. The summed E-state index contributed by atoms with van der Waals surface area (Å²) in [6.07, 6.45) is 1.59. The molecule has 0 spiro atoms. The number of halogens is 1. The summed E-state index contributed by atoms with van der Waals surface area (Å²) in [6, 6.07) is 3.92. The lowest BCUT2D eigenvalue weighted by molar-refractivity contribution is 0.117. The van der Waals surface area contributed by atoms with E-state index in [2.05, 4.69) is 5.32 Å². The summed E-state index contributed by atoms with van der Waals surface area (Å²) in [5.74, 6) is -0.0623. The van der Waals surface area contributed by atoms with Gasteiger partial charge < -0.3 is 15.3 Å². The molecule has 104 valence electrons. The molecule has 2 rings (SSSR count). The predicted octanol–water partition coefficient (Wildman–Crippen LogP) is 2.37. The molecule has 1 saturated carbocycles. The van der Waals surface area contributed by atoms with Crippen LogP contribution >= 0.6 is 0 Å². The van der Waals surface area contributed by atoms with Crippen LogP contribution in [0.15, 0.2) is 18.2 Å². The van der Waals surface area contributed by atoms with Gasteiger partial charge in [-0.3, -0.25) is 0 Å². The van der Waals surface area contributed by atoms with E-state index >= 15 is 0 Å². The molecule has 1 aromatic rings. The Hall–Kier alpha value is -1.62. The molecule has 0 heterocycles. The Balaban J connectivity index is 1.93. The van der Waals surface area contributed by atoms with Crippen LogP contribution in [0.1, 0.15) is 18.4 Å². The minimum absolute atomic E-state index is 0.296. The van der Waals surface area contributed by atoms with Crippen LogP contribution in [0.4, 0.5) is 14.9 Å². The highest BCUT2D eigenvalue weighted by Gasteiger charge is 2.31. The van der Waals surface area contributed by atoms with Crippen LogP contribution in [0.2, 0.25) is 0 Å². The molecule has 5 heteroatoms. The standard InChI is InChI=1S/C14H19FN2O2/c1-9-3-6-11(15)7-12(9)16-14(19)17(2)8-13(18)10-4-5-10/h3,6-7,10,13,18H,4-5,8H2,1-2H3,(H,16,19). The SMILES string of the molecule is Cc1ccc(F)cc1NC(=O)N(C)CC(O)C1CC1. The number of anilines is 1. The number of hydrogen-bond donors (Lipinski definition) is 2. The second-order valence-corrected chi connectivity index (χ2v) is 5.17. The minimum Gasteiger partial charge on any atom is -0.391 e. The molecular formula is C14H19FN2O2. The van der Waals surface area contributed by atoms with E-state index in [4.69, 9.17) is 0 Å². The number of aliphatic hydroxyl groups is 1. The van der Waals surface area contributed by atoms with Crippen molar-refractivity contribution in [3.8, 4) is 0 Å². The van der Waals surface area contributed by atoms with Crippen LogP contribution in [-0.2, 0) is 0 Å². The topological polar surface area (TPSA) is 52.6 Å². The smallest absolute Gasteiger partial charge is 0.321 e. The molecule has 0 radical (unpaired) electrons. The second kappa shape index (κ2) is 5.57. The number of carbonyl (C=O) groups is 1. The molecule has 0 aromatic heterocycles. The second-order valence-electron chi connectivity index (χ2n) is 5.17. The molecule has 4 nitrogen and oxygen atoms in total. The number of likely N-dealkylation sites (N-methyl/N-ethyl adjacent to an activating group) is 1. The fourth-order valence-corrected chi connectivity index (χ4v) is 1.93. The van der Waals surface area contributed by atoms with Crippen LogP contribution in [0, 0.1) is 18.7 Å². The number of carbonyl (C=O) groups excluding carboxylic acids is 1. The van der Waals surface area contributed by atoms with E-state index in [1.165, 1.54) is 17.0 Å². The van der Waals surface area contributed by atoms with Crippen molar-refractivity contribution < 1.29 is 14.3 Å². The zero-order valence-electron chi connectivity index (χ0n) is 11.2. The average molecular weight is 266 g/mol. The Morgan fingerprint density at radius 1 is 1.58 bits per heavy atom. The summed E-state index contributed by atoms with van der Waals surface area (Å²) in [6.45, 7) is 2.10. The summed E-state index contributed by atoms with van der Waals surface area (Å²) in [4.78, 5) is 13.4. The highest BCUT2D eigenvalue weighted by molar-refractivity contribution is 5.89. The largest absolute Gasteiger partial charge is 0.391 e. The summed E-state index contributed by atoms with van der Waals surface area (Å²) in [7, 11) is 1.62. The number of amides is 2. The van der Waals surface area contributed by atoms with Crippen molar-refractivity contribution in [3.05, 3.63) is 29.6 Å². The summed E-state index contributed by atoms with van der Waals surface area (Å²) < 4.78 is 13.1. The number of aryl methyl sites for hydroxylation is 1. The highest BCUT2D eigenvalue weighted by Crippen LogP contribution is 2.32. The quantitative estimate of drug-likeness (QED) is 0.879. The first-order valence-electron chi connectivity index (χ1n) is 6.43. The normalized spacial score (nSPS) is 16.0. The summed E-state index contributed by atoms with van der Waals surface area (Å²) in [5, 5.41) is 12.4. The monoisotopic (exact) mass is 266 g/mol. The lowest BCUT2D eigenvalue weighted by Crippen LogP contribution is -2.38. The van der Waals surface area contributed by atoms with Crippen molar-refractivity contribution in [3.63, 3.8) is 0 Å². The lowest BCUT2D eigenvalue weighted by Gasteiger charge is -2.21. The molecule has 1 aliphatic carbocycles. The number of nitrogens with one attached hydrogen (secondary N) is 1. The van der Waals surface area contributed by atoms with Gasteiger partial charge in [0.2, 0.25) is 0 Å². The van der Waals surface area contributed by atoms with E-state index in [9.17, 15) is 14.3 Å². The Labute approximate surface area is 112 Å². The van der Waals surface area contributed by atoms with Crippen molar-refractivity contribution in [2.45, 2.75) is 25.9 Å². The molecular weight excluding hydrogens is 247 g/mol. The van der Waals surface area contributed by atoms with Gasteiger partial charge >= 0.3 is 6.03 Å². The lowest BCUT2D eigenvalue weighted by atomic mass is 10.2. The van der Waals surface area contributed by atoms with E-state index in [0.717, 1.165) is 18.4 Å². The maximum absolute atomic E-state index is 13.1. The van der Waals surface area contributed by atoms with Gasteiger partial charge in [-0.05, 0) is 43.4 Å². The third kappa shape index (κ3) is 3.67. The average Bonchev–Trinajstić information content (AvgIpc) is 3.17. The van der Waals surface area contributed by atoms with E-state index in [1.54, 1.807) is 20.0 Å². The fourth-order valence-electron chi connectivity index (χ4n) is 1.93. The number of benzene rings is 1. The van der Waals surface area contributed by atoms with Gasteiger partial charge in [0, 0.05) is 19.3 Å². The molecule has 1 aliphatic rings. The Kier molecular flexibility index (Phi) is 4.04. The molecule has 1 unspecified atom stereocenters. The fraction of sp³-hybridized carbons (Fsp3) is 0.500. The first-order valence-corrected chi connectivity index (χ1v) is 6.43. The van der Waals surface area contributed by atoms with Gasteiger partial charge in [-0.1, -0.05) is 6.07 Å². The van der Waals surface area contributed by atoms with Crippen molar-refractivity contribution in [2.75, 3.05) is 18.9 Å². The zero-order chi connectivity index (χ0) is 14.0. The van der Waals surface area contributed by atoms with Crippen molar-refractivity contribution >= 4 is 11.7 Å². The Morgan fingerprint density at radius 3 is 2.89 bits per heavy atom. The number of urea groups is 1. The zero-order valence-corrected chi connectivity index (χ0v) is 11.2. The van der Waals surface area contributed by atoms with Gasteiger partial charge in [-0.15, -0.1) is 0 Å². The molecule has 2 N–H and O–H groups in total. The van der Waals surface area contributed by atoms with E-state index < -0.39 is 6.10 Å². The van der Waals surface area contributed by atoms with E-state index in [0.29, 0.717) is 18.2 Å².